The first-order chi connectivity index (χ1) is 15.3. The van der Waals surface area contributed by atoms with Crippen LogP contribution in [0.2, 0.25) is 0 Å². The number of hydrogen-bond donors (Lipinski definition) is 1. The van der Waals surface area contributed by atoms with Crippen molar-refractivity contribution in [1.29, 1.82) is 0 Å². The number of carbonyl (C=O) groups is 1. The fraction of sp³-hybridized carbons (Fsp3) is 0.0909. The Balaban J connectivity index is 1.54. The molecule has 0 radical (unpaired) electrons. The molecular formula is C22H16BrN3O5S. The molecule has 4 aromatic rings. The van der Waals surface area contributed by atoms with E-state index in [2.05, 4.69) is 31.4 Å². The zero-order chi connectivity index (χ0) is 22.9. The fourth-order valence-electron chi connectivity index (χ4n) is 2.96. The smallest absolute Gasteiger partial charge is 0.349 e. The van der Waals surface area contributed by atoms with Crippen LogP contribution in [-0.4, -0.2) is 30.3 Å². The molecule has 0 fully saturated rings. The highest BCUT2D eigenvalue weighted by atomic mass is 79.9. The van der Waals surface area contributed by atoms with Crippen LogP contribution in [0.1, 0.15) is 17.3 Å². The lowest BCUT2D eigenvalue weighted by Gasteiger charge is -2.07. The van der Waals surface area contributed by atoms with Gasteiger partial charge in [-0.3, -0.25) is 4.79 Å². The summed E-state index contributed by atoms with van der Waals surface area (Å²) in [5.41, 5.74) is 1.18. The van der Waals surface area contributed by atoms with Crippen molar-refractivity contribution in [2.45, 2.75) is 11.9 Å². The molecule has 10 heteroatoms. The zero-order valence-electron chi connectivity index (χ0n) is 16.7. The van der Waals surface area contributed by atoms with Crippen LogP contribution in [0, 0.1) is 0 Å². The van der Waals surface area contributed by atoms with Gasteiger partial charge in [-0.15, -0.1) is 10.2 Å². The van der Waals surface area contributed by atoms with Crippen molar-refractivity contribution in [3.63, 3.8) is 0 Å². The van der Waals surface area contributed by atoms with Gasteiger partial charge in [0.1, 0.15) is 11.1 Å². The van der Waals surface area contributed by atoms with Crippen molar-refractivity contribution in [3.05, 3.63) is 81.1 Å². The van der Waals surface area contributed by atoms with E-state index >= 15 is 0 Å². The summed E-state index contributed by atoms with van der Waals surface area (Å²) in [4.78, 5) is 24.8. The van der Waals surface area contributed by atoms with Crippen molar-refractivity contribution >= 4 is 48.3 Å². The average molecular weight is 514 g/mol. The van der Waals surface area contributed by atoms with E-state index in [1.165, 1.54) is 12.1 Å². The number of amides is 1. The Kier molecular flexibility index (Phi) is 5.90. The average Bonchev–Trinajstić information content (AvgIpc) is 2.79. The van der Waals surface area contributed by atoms with Crippen LogP contribution in [0.5, 0.6) is 0 Å². The first-order valence-corrected chi connectivity index (χ1v) is 11.9. The van der Waals surface area contributed by atoms with Crippen LogP contribution in [0.15, 0.2) is 79.4 Å². The number of fused-ring (bicyclic) bond motifs is 1. The third-order valence-electron chi connectivity index (χ3n) is 4.72. The van der Waals surface area contributed by atoms with E-state index in [9.17, 15) is 18.0 Å². The van der Waals surface area contributed by atoms with Crippen molar-refractivity contribution in [1.82, 2.24) is 10.2 Å². The van der Waals surface area contributed by atoms with Crippen LogP contribution in [-0.2, 0) is 9.84 Å². The fourth-order valence-corrected chi connectivity index (χ4v) is 4.08. The second-order valence-electron chi connectivity index (χ2n) is 6.82. The molecule has 4 rings (SSSR count). The number of nitrogens with zero attached hydrogens (tertiary/aromatic N) is 2. The van der Waals surface area contributed by atoms with E-state index in [0.717, 1.165) is 4.47 Å². The number of benzene rings is 2. The third-order valence-corrected chi connectivity index (χ3v) is 6.82. The van der Waals surface area contributed by atoms with Crippen LogP contribution >= 0.6 is 15.9 Å². The van der Waals surface area contributed by atoms with Gasteiger partial charge < -0.3 is 9.73 Å². The number of halogens is 1. The van der Waals surface area contributed by atoms with Gasteiger partial charge in [0.25, 0.3) is 5.91 Å². The lowest BCUT2D eigenvalue weighted by molar-refractivity contribution is 0.102. The maximum Gasteiger partial charge on any atom is 0.349 e. The summed E-state index contributed by atoms with van der Waals surface area (Å²) in [5.74, 6) is -0.648. The Morgan fingerprint density at radius 1 is 1.03 bits per heavy atom. The van der Waals surface area contributed by atoms with Crippen molar-refractivity contribution < 1.29 is 17.6 Å². The molecule has 8 nitrogen and oxygen atoms in total. The molecule has 0 bridgehead atoms. The molecule has 1 N–H and O–H groups in total. The van der Waals surface area contributed by atoms with Gasteiger partial charge in [-0.05, 0) is 48.5 Å². The predicted molar refractivity (Wildman–Crippen MR) is 123 cm³/mol. The maximum atomic E-state index is 12.6. The van der Waals surface area contributed by atoms with Crippen LogP contribution in [0.3, 0.4) is 0 Å². The maximum absolute atomic E-state index is 12.6. The molecule has 0 unspecified atom stereocenters. The quantitative estimate of drug-likeness (QED) is 0.399. The van der Waals surface area contributed by atoms with E-state index in [4.69, 9.17) is 4.42 Å². The standard InChI is InChI=1S/C22H16BrN3O5S/c1-2-32(29,30)20-10-8-18(25-26-20)13-3-6-16(7-4-13)24-21(27)17-12-14-11-15(23)5-9-19(14)31-22(17)28/h3-12H,2H2,1H3,(H,24,27). The first kappa shape index (κ1) is 21.8. The minimum absolute atomic E-state index is 0.0533. The molecule has 162 valence electrons. The second-order valence-corrected chi connectivity index (χ2v) is 9.96. The minimum Gasteiger partial charge on any atom is -0.422 e. The summed E-state index contributed by atoms with van der Waals surface area (Å²) in [6.07, 6.45) is 0. The van der Waals surface area contributed by atoms with Crippen LogP contribution in [0.25, 0.3) is 22.2 Å². The SMILES string of the molecule is CCS(=O)(=O)c1ccc(-c2ccc(NC(=O)c3cc4cc(Br)ccc4oc3=O)cc2)nn1. The highest BCUT2D eigenvalue weighted by molar-refractivity contribution is 9.10. The lowest BCUT2D eigenvalue weighted by Crippen LogP contribution is -2.20. The Morgan fingerprint density at radius 3 is 2.44 bits per heavy atom. The highest BCUT2D eigenvalue weighted by Crippen LogP contribution is 2.22. The Hall–Kier alpha value is -3.37. The van der Waals surface area contributed by atoms with Gasteiger partial charge in [0.2, 0.25) is 0 Å². The predicted octanol–water partition coefficient (Wildman–Crippen LogP) is 4.06. The van der Waals surface area contributed by atoms with E-state index in [-0.39, 0.29) is 16.3 Å². The Bertz CT molecular complexity index is 1480. The summed E-state index contributed by atoms with van der Waals surface area (Å²) in [6, 6.07) is 16.3. The molecule has 2 aromatic heterocycles. The number of aromatic nitrogens is 2. The normalized spacial score (nSPS) is 11.4. The summed E-state index contributed by atoms with van der Waals surface area (Å²) >= 11 is 3.35. The first-order valence-electron chi connectivity index (χ1n) is 9.48. The van der Waals surface area contributed by atoms with Crippen molar-refractivity contribution in [3.8, 4) is 11.3 Å². The van der Waals surface area contributed by atoms with E-state index in [0.29, 0.717) is 27.9 Å². The topological polar surface area (TPSA) is 119 Å². The number of carbonyl (C=O) groups excluding carboxylic acids is 1. The molecule has 32 heavy (non-hydrogen) atoms. The van der Waals surface area contributed by atoms with Crippen molar-refractivity contribution in [2.24, 2.45) is 0 Å². The summed E-state index contributed by atoms with van der Waals surface area (Å²) < 4.78 is 29.7. The second kappa shape index (κ2) is 8.64. The van der Waals surface area contributed by atoms with E-state index in [1.54, 1.807) is 55.5 Å². The van der Waals surface area contributed by atoms with Gasteiger partial charge in [0.05, 0.1) is 11.4 Å². The van der Waals surface area contributed by atoms with Gasteiger partial charge in [-0.25, -0.2) is 13.2 Å². The molecule has 0 spiro atoms. The molecule has 0 saturated heterocycles. The number of sulfone groups is 1. The third kappa shape index (κ3) is 4.46. The summed E-state index contributed by atoms with van der Waals surface area (Å²) in [7, 11) is -3.42. The summed E-state index contributed by atoms with van der Waals surface area (Å²) in [6.45, 7) is 1.54. The Morgan fingerprint density at radius 2 is 1.78 bits per heavy atom. The molecule has 0 aliphatic carbocycles. The zero-order valence-corrected chi connectivity index (χ0v) is 19.1. The van der Waals surface area contributed by atoms with Crippen LogP contribution in [0.4, 0.5) is 5.69 Å². The van der Waals surface area contributed by atoms with Gasteiger partial charge in [0.15, 0.2) is 14.9 Å². The molecule has 2 heterocycles. The summed E-state index contributed by atoms with van der Waals surface area (Å²) in [5, 5.41) is 11.0. The number of rotatable bonds is 5. The molecular weight excluding hydrogens is 498 g/mol. The van der Waals surface area contributed by atoms with Gasteiger partial charge >= 0.3 is 5.63 Å². The van der Waals surface area contributed by atoms with Crippen LogP contribution < -0.4 is 10.9 Å². The molecule has 0 aliphatic heterocycles. The molecule has 2 aromatic carbocycles. The Labute approximate surface area is 191 Å². The van der Waals surface area contributed by atoms with Gasteiger partial charge in [0, 0.05) is 21.1 Å². The molecule has 0 aliphatic rings. The monoisotopic (exact) mass is 513 g/mol. The van der Waals surface area contributed by atoms with E-state index < -0.39 is 21.4 Å². The number of hydrogen-bond acceptors (Lipinski definition) is 7. The molecule has 1 amide bonds. The van der Waals surface area contributed by atoms with E-state index in [1.807, 2.05) is 0 Å². The van der Waals surface area contributed by atoms with Gasteiger partial charge in [-0.2, -0.15) is 0 Å². The van der Waals surface area contributed by atoms with Gasteiger partial charge in [-0.1, -0.05) is 35.0 Å². The highest BCUT2D eigenvalue weighted by Gasteiger charge is 2.16. The largest absolute Gasteiger partial charge is 0.422 e. The molecule has 0 saturated carbocycles. The minimum atomic E-state index is -3.42. The lowest BCUT2D eigenvalue weighted by atomic mass is 10.1. The number of nitrogens with one attached hydrogen (secondary N) is 1. The molecule has 0 atom stereocenters. The number of anilines is 1. The van der Waals surface area contributed by atoms with Crippen molar-refractivity contribution in [2.75, 3.05) is 11.1 Å².